The third-order valence-corrected chi connectivity index (χ3v) is 6.19. The van der Waals surface area contributed by atoms with Gasteiger partial charge in [0.25, 0.3) is 0 Å². The molecule has 1 aromatic rings. The van der Waals surface area contributed by atoms with Crippen LogP contribution in [0, 0.1) is 5.92 Å². The van der Waals surface area contributed by atoms with Gasteiger partial charge in [0.1, 0.15) is 0 Å². The number of para-hydroxylation sites is 1. The van der Waals surface area contributed by atoms with E-state index in [1.54, 1.807) is 4.31 Å². The van der Waals surface area contributed by atoms with E-state index in [1.807, 2.05) is 24.3 Å². The van der Waals surface area contributed by atoms with Gasteiger partial charge in [-0.3, -0.25) is 4.31 Å². The van der Waals surface area contributed by atoms with Crippen LogP contribution in [0.1, 0.15) is 24.8 Å². The van der Waals surface area contributed by atoms with Crippen molar-refractivity contribution >= 4 is 15.7 Å². The molecule has 0 spiro atoms. The molecule has 1 aromatic carbocycles. The molecule has 2 aliphatic rings. The number of anilines is 1. The molecule has 3 rings (SSSR count). The lowest BCUT2D eigenvalue weighted by molar-refractivity contribution is 0.403. The average molecular weight is 294 g/mol. The average Bonchev–Trinajstić information content (AvgIpc) is 2.47. The minimum absolute atomic E-state index is 0.253. The fourth-order valence-corrected chi connectivity index (χ4v) is 5.19. The molecule has 1 N–H and O–H groups in total. The van der Waals surface area contributed by atoms with E-state index >= 15 is 0 Å². The largest absolute Gasteiger partial charge is 0.316 e. The van der Waals surface area contributed by atoms with Gasteiger partial charge in [-0.2, -0.15) is 0 Å². The first-order valence-electron chi connectivity index (χ1n) is 7.46. The van der Waals surface area contributed by atoms with Crippen molar-refractivity contribution in [1.82, 2.24) is 5.32 Å². The van der Waals surface area contributed by atoms with Gasteiger partial charge in [-0.15, -0.1) is 0 Å². The van der Waals surface area contributed by atoms with Crippen molar-refractivity contribution in [2.45, 2.75) is 25.7 Å². The normalized spacial score (nSPS) is 23.4. The second-order valence-electron chi connectivity index (χ2n) is 5.80. The maximum absolute atomic E-state index is 12.7. The molecule has 1 fully saturated rings. The Balaban J connectivity index is 1.81. The maximum Gasteiger partial charge on any atom is 0.235 e. The topological polar surface area (TPSA) is 49.4 Å². The number of piperidine rings is 1. The molecule has 1 unspecified atom stereocenters. The molecule has 0 aromatic heterocycles. The molecule has 2 aliphatic heterocycles. The summed E-state index contributed by atoms with van der Waals surface area (Å²) < 4.78 is 27.1. The molecule has 5 heteroatoms. The summed E-state index contributed by atoms with van der Waals surface area (Å²) in [6.45, 7) is 2.47. The van der Waals surface area contributed by atoms with Crippen molar-refractivity contribution in [2.24, 2.45) is 5.92 Å². The minimum Gasteiger partial charge on any atom is -0.316 e. The number of benzene rings is 1. The Labute approximate surface area is 121 Å². The molecular formula is C15H22N2O2S. The predicted octanol–water partition coefficient (Wildman–Crippen LogP) is 1.77. The first-order valence-corrected chi connectivity index (χ1v) is 9.07. The van der Waals surface area contributed by atoms with E-state index in [1.165, 1.54) is 0 Å². The Hall–Kier alpha value is -1.07. The monoisotopic (exact) mass is 294 g/mol. The number of fused-ring (bicyclic) bond motifs is 1. The van der Waals surface area contributed by atoms with Crippen LogP contribution in [0.5, 0.6) is 0 Å². The van der Waals surface area contributed by atoms with Gasteiger partial charge in [-0.1, -0.05) is 18.2 Å². The fourth-order valence-electron chi connectivity index (χ4n) is 3.24. The van der Waals surface area contributed by atoms with Crippen molar-refractivity contribution in [2.75, 3.05) is 29.7 Å². The Kier molecular flexibility index (Phi) is 3.98. The van der Waals surface area contributed by atoms with Gasteiger partial charge in [-0.05, 0) is 56.3 Å². The zero-order chi connectivity index (χ0) is 14.0. The van der Waals surface area contributed by atoms with E-state index in [4.69, 9.17) is 0 Å². The summed E-state index contributed by atoms with van der Waals surface area (Å²) in [5, 5.41) is 3.30. The molecule has 20 heavy (non-hydrogen) atoms. The Morgan fingerprint density at radius 3 is 2.90 bits per heavy atom. The van der Waals surface area contributed by atoms with Crippen LogP contribution in [0.15, 0.2) is 24.3 Å². The number of hydrogen-bond donors (Lipinski definition) is 1. The number of aryl methyl sites for hydroxylation is 1. The van der Waals surface area contributed by atoms with Crippen molar-refractivity contribution in [1.29, 1.82) is 0 Å². The molecule has 110 valence electrons. The summed E-state index contributed by atoms with van der Waals surface area (Å²) in [6, 6.07) is 7.89. The Bertz CT molecular complexity index is 565. The van der Waals surface area contributed by atoms with Crippen molar-refractivity contribution in [3.63, 3.8) is 0 Å². The smallest absolute Gasteiger partial charge is 0.235 e. The number of hydrogen-bond acceptors (Lipinski definition) is 3. The van der Waals surface area contributed by atoms with Gasteiger partial charge in [0.05, 0.1) is 11.4 Å². The van der Waals surface area contributed by atoms with Crippen LogP contribution >= 0.6 is 0 Å². The van der Waals surface area contributed by atoms with E-state index < -0.39 is 10.0 Å². The molecular weight excluding hydrogens is 272 g/mol. The van der Waals surface area contributed by atoms with E-state index in [9.17, 15) is 8.42 Å². The van der Waals surface area contributed by atoms with Crippen molar-refractivity contribution in [3.8, 4) is 0 Å². The predicted molar refractivity (Wildman–Crippen MR) is 81.5 cm³/mol. The first-order chi connectivity index (χ1) is 9.67. The third kappa shape index (κ3) is 2.83. The zero-order valence-electron chi connectivity index (χ0n) is 11.7. The first kappa shape index (κ1) is 13.9. The van der Waals surface area contributed by atoms with Crippen LogP contribution in [-0.2, 0) is 16.4 Å². The third-order valence-electron chi connectivity index (χ3n) is 4.25. The van der Waals surface area contributed by atoms with Crippen LogP contribution < -0.4 is 9.62 Å². The van der Waals surface area contributed by atoms with Crippen LogP contribution in [0.2, 0.25) is 0 Å². The van der Waals surface area contributed by atoms with E-state index in [-0.39, 0.29) is 11.7 Å². The van der Waals surface area contributed by atoms with Crippen LogP contribution in [0.4, 0.5) is 5.69 Å². The number of nitrogens with one attached hydrogen (secondary N) is 1. The molecule has 0 saturated carbocycles. The second-order valence-corrected chi connectivity index (χ2v) is 7.73. The lowest BCUT2D eigenvalue weighted by Gasteiger charge is -2.32. The highest BCUT2D eigenvalue weighted by Gasteiger charge is 2.30. The van der Waals surface area contributed by atoms with Crippen molar-refractivity contribution in [3.05, 3.63) is 29.8 Å². The van der Waals surface area contributed by atoms with E-state index in [0.29, 0.717) is 6.54 Å². The minimum atomic E-state index is -3.20. The van der Waals surface area contributed by atoms with E-state index in [2.05, 4.69) is 5.32 Å². The lowest BCUT2D eigenvalue weighted by atomic mass is 10.0. The summed E-state index contributed by atoms with van der Waals surface area (Å²) in [7, 11) is -3.20. The standard InChI is InChI=1S/C15H22N2O2S/c18-20(19,12-13-5-3-9-16-11-13)17-10-4-7-14-6-1-2-8-15(14)17/h1-2,6,8,13,16H,3-5,7,9-12H2. The van der Waals surface area contributed by atoms with Gasteiger partial charge >= 0.3 is 0 Å². The summed E-state index contributed by atoms with van der Waals surface area (Å²) >= 11 is 0. The maximum atomic E-state index is 12.7. The van der Waals surface area contributed by atoms with Gasteiger partial charge in [0.2, 0.25) is 10.0 Å². The van der Waals surface area contributed by atoms with Gasteiger partial charge in [0.15, 0.2) is 0 Å². The number of sulfonamides is 1. The molecule has 0 aliphatic carbocycles. The molecule has 0 bridgehead atoms. The SMILES string of the molecule is O=S(=O)(CC1CCCNC1)N1CCCc2ccccc21. The number of rotatable bonds is 3. The molecule has 1 atom stereocenters. The Morgan fingerprint density at radius 1 is 1.25 bits per heavy atom. The van der Waals surface area contributed by atoms with Gasteiger partial charge in [0, 0.05) is 6.54 Å². The molecule has 2 heterocycles. The fraction of sp³-hybridized carbons (Fsp3) is 0.600. The second kappa shape index (κ2) is 5.74. The van der Waals surface area contributed by atoms with Crippen LogP contribution in [-0.4, -0.2) is 33.8 Å². The summed E-state index contributed by atoms with van der Waals surface area (Å²) in [4.78, 5) is 0. The Morgan fingerprint density at radius 2 is 2.10 bits per heavy atom. The highest BCUT2D eigenvalue weighted by atomic mass is 32.2. The summed E-state index contributed by atoms with van der Waals surface area (Å²) in [6.07, 6.45) is 3.99. The molecule has 1 saturated heterocycles. The summed E-state index contributed by atoms with van der Waals surface area (Å²) in [5.41, 5.74) is 2.05. The summed E-state index contributed by atoms with van der Waals surface area (Å²) in [5.74, 6) is 0.525. The van der Waals surface area contributed by atoms with Gasteiger partial charge in [-0.25, -0.2) is 8.42 Å². The zero-order valence-corrected chi connectivity index (χ0v) is 12.5. The highest BCUT2D eigenvalue weighted by molar-refractivity contribution is 7.92. The molecule has 4 nitrogen and oxygen atoms in total. The highest BCUT2D eigenvalue weighted by Crippen LogP contribution is 2.30. The lowest BCUT2D eigenvalue weighted by Crippen LogP contribution is -2.42. The van der Waals surface area contributed by atoms with Crippen molar-refractivity contribution < 1.29 is 8.42 Å². The molecule has 0 amide bonds. The number of nitrogens with zero attached hydrogens (tertiary/aromatic N) is 1. The van der Waals surface area contributed by atoms with Crippen LogP contribution in [0.25, 0.3) is 0 Å². The van der Waals surface area contributed by atoms with E-state index in [0.717, 1.165) is 50.0 Å². The molecule has 0 radical (unpaired) electrons. The van der Waals surface area contributed by atoms with Gasteiger partial charge < -0.3 is 5.32 Å². The quantitative estimate of drug-likeness (QED) is 0.924. The van der Waals surface area contributed by atoms with Crippen LogP contribution in [0.3, 0.4) is 0 Å².